The van der Waals surface area contributed by atoms with Crippen LogP contribution >= 0.6 is 0 Å². The van der Waals surface area contributed by atoms with Gasteiger partial charge in [-0.05, 0) is 25.8 Å². The van der Waals surface area contributed by atoms with Gasteiger partial charge in [0.25, 0.3) is 5.69 Å². The number of nitrogens with zero attached hydrogens (tertiary/aromatic N) is 1. The van der Waals surface area contributed by atoms with Gasteiger partial charge in [-0.25, -0.2) is 17.9 Å². The zero-order valence-electron chi connectivity index (χ0n) is 12.6. The van der Waals surface area contributed by atoms with Gasteiger partial charge >= 0.3 is 6.09 Å². The van der Waals surface area contributed by atoms with Crippen molar-refractivity contribution in [3.05, 3.63) is 33.9 Å². The van der Waals surface area contributed by atoms with Crippen LogP contribution in [0.1, 0.15) is 24.8 Å². The molecule has 1 aromatic rings. The van der Waals surface area contributed by atoms with E-state index < -0.39 is 21.0 Å². The van der Waals surface area contributed by atoms with E-state index in [-0.39, 0.29) is 17.1 Å². The molecule has 0 heterocycles. The third-order valence-electron chi connectivity index (χ3n) is 3.11. The Morgan fingerprint density at radius 2 is 1.91 bits per heavy atom. The van der Waals surface area contributed by atoms with Crippen molar-refractivity contribution in [3.8, 4) is 0 Å². The van der Waals surface area contributed by atoms with Crippen LogP contribution in [0.4, 0.5) is 10.5 Å². The first kappa shape index (κ1) is 18.8. The Morgan fingerprint density at radius 3 is 2.52 bits per heavy atom. The third kappa shape index (κ3) is 6.20. The molecule has 0 aromatic heterocycles. The molecular weight excluding hydrogens is 326 g/mol. The Balaban J connectivity index is 2.52. The number of sulfonamides is 1. The van der Waals surface area contributed by atoms with Crippen LogP contribution in [0.15, 0.2) is 23.1 Å². The van der Waals surface area contributed by atoms with Crippen molar-refractivity contribution in [1.29, 1.82) is 0 Å². The zero-order valence-corrected chi connectivity index (χ0v) is 13.4. The third-order valence-corrected chi connectivity index (χ3v) is 4.57. The van der Waals surface area contributed by atoms with E-state index in [4.69, 9.17) is 5.11 Å². The van der Waals surface area contributed by atoms with Gasteiger partial charge in [-0.2, -0.15) is 0 Å². The van der Waals surface area contributed by atoms with Crippen molar-refractivity contribution < 1.29 is 23.2 Å². The fraction of sp³-hybridized carbons (Fsp3) is 0.462. The van der Waals surface area contributed by atoms with Gasteiger partial charge < -0.3 is 10.4 Å². The van der Waals surface area contributed by atoms with Crippen LogP contribution in [-0.2, 0) is 10.0 Å². The maximum absolute atomic E-state index is 12.1. The Morgan fingerprint density at radius 1 is 1.26 bits per heavy atom. The van der Waals surface area contributed by atoms with E-state index in [2.05, 4.69) is 10.0 Å². The summed E-state index contributed by atoms with van der Waals surface area (Å²) >= 11 is 0. The van der Waals surface area contributed by atoms with E-state index in [1.54, 1.807) is 0 Å². The lowest BCUT2D eigenvalue weighted by molar-refractivity contribution is -0.385. The first-order valence-corrected chi connectivity index (χ1v) is 8.44. The second-order valence-corrected chi connectivity index (χ2v) is 6.66. The predicted molar refractivity (Wildman–Crippen MR) is 82.9 cm³/mol. The lowest BCUT2D eigenvalue weighted by Gasteiger charge is -2.07. The summed E-state index contributed by atoms with van der Waals surface area (Å²) in [6.45, 7) is 2.02. The normalized spacial score (nSPS) is 11.2. The molecular formula is C13H19N3O6S. The fourth-order valence-electron chi connectivity index (χ4n) is 1.87. The number of aryl methyl sites for hydroxylation is 1. The number of carbonyl (C=O) groups is 1. The number of nitro benzene ring substituents is 1. The molecule has 1 rings (SSSR count). The summed E-state index contributed by atoms with van der Waals surface area (Å²) in [7, 11) is -3.80. The molecule has 10 heteroatoms. The van der Waals surface area contributed by atoms with Gasteiger partial charge in [0.1, 0.15) is 0 Å². The number of rotatable bonds is 9. The molecule has 0 spiro atoms. The van der Waals surface area contributed by atoms with Crippen molar-refractivity contribution >= 4 is 21.8 Å². The summed E-state index contributed by atoms with van der Waals surface area (Å²) in [5.74, 6) is 0. The SMILES string of the molecule is Cc1ccc(S(=O)(=O)NCCCCCNC(=O)O)cc1[N+](=O)[O-]. The van der Waals surface area contributed by atoms with Crippen LogP contribution in [0.3, 0.4) is 0 Å². The minimum absolute atomic E-state index is 0.151. The van der Waals surface area contributed by atoms with Crippen LogP contribution in [0.2, 0.25) is 0 Å². The minimum atomic E-state index is -3.80. The van der Waals surface area contributed by atoms with Crippen molar-refractivity contribution in [1.82, 2.24) is 10.0 Å². The van der Waals surface area contributed by atoms with Gasteiger partial charge in [-0.1, -0.05) is 12.5 Å². The molecule has 0 radical (unpaired) electrons. The number of carboxylic acid groups (broad SMARTS) is 1. The standard InChI is InChI=1S/C13H19N3O6S/c1-10-5-6-11(9-12(10)16(19)20)23(21,22)15-8-4-2-3-7-14-13(17)18/h5-6,9,14-15H,2-4,7-8H2,1H3,(H,17,18). The van der Waals surface area contributed by atoms with Crippen LogP contribution in [-0.4, -0.2) is 37.6 Å². The molecule has 0 aliphatic carbocycles. The summed E-state index contributed by atoms with van der Waals surface area (Å²) in [4.78, 5) is 20.3. The topological polar surface area (TPSA) is 139 Å². The maximum atomic E-state index is 12.1. The molecule has 1 aromatic carbocycles. The minimum Gasteiger partial charge on any atom is -0.465 e. The predicted octanol–water partition coefficient (Wildman–Crippen LogP) is 1.62. The first-order chi connectivity index (χ1) is 10.7. The van der Waals surface area contributed by atoms with E-state index in [0.717, 1.165) is 6.07 Å². The second kappa shape index (κ2) is 8.44. The number of nitrogens with one attached hydrogen (secondary N) is 2. The number of amides is 1. The highest BCUT2D eigenvalue weighted by Crippen LogP contribution is 2.21. The summed E-state index contributed by atoms with van der Waals surface area (Å²) in [5, 5.41) is 21.4. The smallest absolute Gasteiger partial charge is 0.404 e. The van der Waals surface area contributed by atoms with Gasteiger partial charge in [0, 0.05) is 24.7 Å². The lowest BCUT2D eigenvalue weighted by atomic mass is 10.2. The molecule has 1 amide bonds. The monoisotopic (exact) mass is 345 g/mol. The molecule has 23 heavy (non-hydrogen) atoms. The van der Waals surface area contributed by atoms with Crippen molar-refractivity contribution in [2.75, 3.05) is 13.1 Å². The van der Waals surface area contributed by atoms with E-state index in [9.17, 15) is 23.3 Å². The lowest BCUT2D eigenvalue weighted by Crippen LogP contribution is -2.25. The Bertz CT molecular complexity index is 674. The van der Waals surface area contributed by atoms with Gasteiger partial charge in [-0.15, -0.1) is 0 Å². The number of hydrogen-bond donors (Lipinski definition) is 3. The molecule has 0 atom stereocenters. The van der Waals surface area contributed by atoms with E-state index >= 15 is 0 Å². The molecule has 9 nitrogen and oxygen atoms in total. The van der Waals surface area contributed by atoms with Crippen LogP contribution < -0.4 is 10.0 Å². The average Bonchev–Trinajstić information content (AvgIpc) is 2.45. The molecule has 0 saturated heterocycles. The van der Waals surface area contributed by atoms with E-state index in [1.807, 2.05) is 0 Å². The Hall–Kier alpha value is -2.20. The molecule has 3 N–H and O–H groups in total. The van der Waals surface area contributed by atoms with Gasteiger partial charge in [-0.3, -0.25) is 10.1 Å². The highest BCUT2D eigenvalue weighted by Gasteiger charge is 2.19. The maximum Gasteiger partial charge on any atom is 0.404 e. The summed E-state index contributed by atoms with van der Waals surface area (Å²) < 4.78 is 26.5. The number of unbranched alkanes of at least 4 members (excludes halogenated alkanes) is 2. The van der Waals surface area contributed by atoms with Gasteiger partial charge in [0.15, 0.2) is 0 Å². The number of nitro groups is 1. The second-order valence-electron chi connectivity index (χ2n) is 4.90. The molecule has 0 saturated carbocycles. The summed E-state index contributed by atoms with van der Waals surface area (Å²) in [5.41, 5.74) is 0.146. The molecule has 0 aliphatic rings. The van der Waals surface area contributed by atoms with Crippen LogP contribution in [0.25, 0.3) is 0 Å². The number of hydrogen-bond acceptors (Lipinski definition) is 5. The summed E-state index contributed by atoms with van der Waals surface area (Å²) in [6, 6.07) is 3.75. The van der Waals surface area contributed by atoms with E-state index in [1.165, 1.54) is 19.1 Å². The summed E-state index contributed by atoms with van der Waals surface area (Å²) in [6.07, 6.45) is 0.696. The van der Waals surface area contributed by atoms with Crippen LogP contribution in [0.5, 0.6) is 0 Å². The van der Waals surface area contributed by atoms with Crippen molar-refractivity contribution in [2.24, 2.45) is 0 Å². The Labute approximate surface area is 133 Å². The van der Waals surface area contributed by atoms with E-state index in [0.29, 0.717) is 31.4 Å². The zero-order chi connectivity index (χ0) is 17.5. The molecule has 0 aliphatic heterocycles. The largest absolute Gasteiger partial charge is 0.465 e. The first-order valence-electron chi connectivity index (χ1n) is 6.95. The molecule has 128 valence electrons. The molecule has 0 fully saturated rings. The van der Waals surface area contributed by atoms with Gasteiger partial charge in [0.05, 0.1) is 9.82 Å². The van der Waals surface area contributed by atoms with Crippen LogP contribution in [0, 0.1) is 17.0 Å². The Kier molecular flexibility index (Phi) is 6.91. The highest BCUT2D eigenvalue weighted by molar-refractivity contribution is 7.89. The number of benzene rings is 1. The highest BCUT2D eigenvalue weighted by atomic mass is 32.2. The quantitative estimate of drug-likeness (QED) is 0.353. The average molecular weight is 345 g/mol. The molecule has 0 bridgehead atoms. The van der Waals surface area contributed by atoms with Gasteiger partial charge in [0.2, 0.25) is 10.0 Å². The van der Waals surface area contributed by atoms with Crippen molar-refractivity contribution in [3.63, 3.8) is 0 Å². The fourth-order valence-corrected chi connectivity index (χ4v) is 2.96. The molecule has 0 unspecified atom stereocenters. The van der Waals surface area contributed by atoms with Crippen molar-refractivity contribution in [2.45, 2.75) is 31.1 Å².